The van der Waals surface area contributed by atoms with Crippen LogP contribution in [0.3, 0.4) is 0 Å². The molecule has 0 radical (unpaired) electrons. The van der Waals surface area contributed by atoms with E-state index < -0.39 is 9.84 Å². The minimum Gasteiger partial charge on any atom is -0.485 e. The van der Waals surface area contributed by atoms with Crippen LogP contribution in [0.25, 0.3) is 0 Å². The Bertz CT molecular complexity index is 707. The lowest BCUT2D eigenvalue weighted by Gasteiger charge is -2.34. The molecule has 0 N–H and O–H groups in total. The van der Waals surface area contributed by atoms with E-state index in [4.69, 9.17) is 4.74 Å². The zero-order valence-corrected chi connectivity index (χ0v) is 16.6. The lowest BCUT2D eigenvalue weighted by atomic mass is 9.93. The fourth-order valence-corrected chi connectivity index (χ4v) is 5.44. The fourth-order valence-electron chi connectivity index (χ4n) is 3.62. The van der Waals surface area contributed by atoms with E-state index in [0.29, 0.717) is 13.1 Å². The monoisotopic (exact) mass is 401 g/mol. The summed E-state index contributed by atoms with van der Waals surface area (Å²) in [6, 6.07) is 0. The van der Waals surface area contributed by atoms with Crippen molar-refractivity contribution < 1.29 is 13.2 Å². The van der Waals surface area contributed by atoms with Crippen LogP contribution in [0.1, 0.15) is 29.2 Å². The molecule has 0 bridgehead atoms. The molecule has 0 aromatic heterocycles. The summed E-state index contributed by atoms with van der Waals surface area (Å²) in [6.45, 7) is 10.5. The van der Waals surface area contributed by atoms with E-state index in [9.17, 15) is 8.42 Å². The van der Waals surface area contributed by atoms with Gasteiger partial charge in [-0.2, -0.15) is 0 Å². The molecule has 6 heteroatoms. The molecule has 1 fully saturated rings. The first-order chi connectivity index (χ1) is 10.6. The van der Waals surface area contributed by atoms with Gasteiger partial charge in [-0.3, -0.25) is 4.90 Å². The van der Waals surface area contributed by atoms with Gasteiger partial charge in [0.1, 0.15) is 11.4 Å². The molecule has 23 heavy (non-hydrogen) atoms. The molecule has 0 spiro atoms. The van der Waals surface area contributed by atoms with Crippen LogP contribution < -0.4 is 4.74 Å². The molecular weight excluding hydrogens is 378 g/mol. The number of nitrogens with zero attached hydrogens (tertiary/aromatic N) is 1. The van der Waals surface area contributed by atoms with Crippen LogP contribution >= 0.6 is 15.9 Å². The zero-order chi connectivity index (χ0) is 17.0. The molecule has 0 amide bonds. The van der Waals surface area contributed by atoms with E-state index in [1.54, 1.807) is 0 Å². The summed E-state index contributed by atoms with van der Waals surface area (Å²) >= 11 is 3.70. The van der Waals surface area contributed by atoms with Crippen LogP contribution in [0, 0.1) is 20.8 Å². The van der Waals surface area contributed by atoms with Gasteiger partial charge in [0.25, 0.3) is 0 Å². The summed E-state index contributed by atoms with van der Waals surface area (Å²) in [4.78, 5) is 2.22. The third kappa shape index (κ3) is 3.17. The number of ether oxygens (including phenoxy) is 1. The summed E-state index contributed by atoms with van der Waals surface area (Å²) in [5.74, 6) is 1.55. The van der Waals surface area contributed by atoms with Crippen LogP contribution in [-0.4, -0.2) is 50.1 Å². The standard InChI is InChI=1S/C17H24BrNO3S/c1-11-12(2)16-14(13(3)15(11)18)9-17(4,22-16)10-19-5-7-23(20,21)8-6-19/h5-10H2,1-4H3. The predicted octanol–water partition coefficient (Wildman–Crippen LogP) is 2.80. The number of rotatable bonds is 2. The smallest absolute Gasteiger partial charge is 0.152 e. The van der Waals surface area contributed by atoms with Gasteiger partial charge in [-0.25, -0.2) is 8.42 Å². The highest BCUT2D eigenvalue weighted by atomic mass is 79.9. The largest absolute Gasteiger partial charge is 0.485 e. The summed E-state index contributed by atoms with van der Waals surface area (Å²) < 4.78 is 30.7. The van der Waals surface area contributed by atoms with Gasteiger partial charge in [0, 0.05) is 36.1 Å². The van der Waals surface area contributed by atoms with Crippen LogP contribution in [0.4, 0.5) is 0 Å². The quantitative estimate of drug-likeness (QED) is 0.764. The molecular formula is C17H24BrNO3S. The van der Waals surface area contributed by atoms with Gasteiger partial charge in [-0.15, -0.1) is 0 Å². The highest BCUT2D eigenvalue weighted by Gasteiger charge is 2.40. The summed E-state index contributed by atoms with van der Waals surface area (Å²) in [5, 5.41) is 0. The number of hydrogen-bond donors (Lipinski definition) is 0. The average molecular weight is 402 g/mol. The van der Waals surface area contributed by atoms with Gasteiger partial charge >= 0.3 is 0 Å². The predicted molar refractivity (Wildman–Crippen MR) is 96.2 cm³/mol. The first-order valence-corrected chi connectivity index (χ1v) is 10.6. The first-order valence-electron chi connectivity index (χ1n) is 8.02. The molecule has 4 nitrogen and oxygen atoms in total. The molecule has 2 aliphatic heterocycles. The Kier molecular flexibility index (Phi) is 4.30. The van der Waals surface area contributed by atoms with Crippen molar-refractivity contribution in [1.29, 1.82) is 0 Å². The third-order valence-electron chi connectivity index (χ3n) is 5.18. The topological polar surface area (TPSA) is 46.6 Å². The average Bonchev–Trinajstić information content (AvgIpc) is 2.83. The molecule has 1 atom stereocenters. The summed E-state index contributed by atoms with van der Waals surface area (Å²) in [5.41, 5.74) is 4.68. The number of benzene rings is 1. The van der Waals surface area contributed by atoms with E-state index in [2.05, 4.69) is 48.5 Å². The Morgan fingerprint density at radius 1 is 1.13 bits per heavy atom. The maximum atomic E-state index is 11.6. The lowest BCUT2D eigenvalue weighted by molar-refractivity contribution is 0.0661. The van der Waals surface area contributed by atoms with Crippen molar-refractivity contribution in [3.8, 4) is 5.75 Å². The molecule has 1 saturated heterocycles. The van der Waals surface area contributed by atoms with E-state index in [1.165, 1.54) is 26.7 Å². The second-order valence-electron chi connectivity index (χ2n) is 7.15. The lowest BCUT2D eigenvalue weighted by Crippen LogP contribution is -2.49. The van der Waals surface area contributed by atoms with Gasteiger partial charge < -0.3 is 4.74 Å². The minimum atomic E-state index is -2.84. The van der Waals surface area contributed by atoms with E-state index in [0.717, 1.165) is 18.7 Å². The first kappa shape index (κ1) is 17.2. The van der Waals surface area contributed by atoms with Gasteiger partial charge in [-0.1, -0.05) is 15.9 Å². The van der Waals surface area contributed by atoms with Crippen molar-refractivity contribution >= 4 is 25.8 Å². The Labute approximate surface area is 147 Å². The molecule has 1 aromatic rings. The Morgan fingerprint density at radius 3 is 2.35 bits per heavy atom. The van der Waals surface area contributed by atoms with Gasteiger partial charge in [0.05, 0.1) is 11.5 Å². The van der Waals surface area contributed by atoms with Gasteiger partial charge in [0.15, 0.2) is 9.84 Å². The highest BCUT2D eigenvalue weighted by Crippen LogP contribution is 2.44. The van der Waals surface area contributed by atoms with Crippen molar-refractivity contribution in [1.82, 2.24) is 4.90 Å². The van der Waals surface area contributed by atoms with Crippen molar-refractivity contribution in [2.24, 2.45) is 0 Å². The van der Waals surface area contributed by atoms with Crippen molar-refractivity contribution in [3.05, 3.63) is 26.7 Å². The van der Waals surface area contributed by atoms with Crippen LogP contribution in [0.15, 0.2) is 4.47 Å². The zero-order valence-electron chi connectivity index (χ0n) is 14.2. The molecule has 1 aromatic carbocycles. The molecule has 2 heterocycles. The third-order valence-corrected chi connectivity index (χ3v) is 7.98. The molecule has 128 valence electrons. The maximum absolute atomic E-state index is 11.6. The van der Waals surface area contributed by atoms with E-state index in [1.807, 2.05) is 0 Å². The highest BCUT2D eigenvalue weighted by molar-refractivity contribution is 9.10. The molecule has 0 aliphatic carbocycles. The Balaban J connectivity index is 1.81. The molecule has 0 saturated carbocycles. The Hall–Kier alpha value is -0.590. The van der Waals surface area contributed by atoms with Crippen LogP contribution in [0.5, 0.6) is 5.75 Å². The number of sulfone groups is 1. The maximum Gasteiger partial charge on any atom is 0.152 e. The van der Waals surface area contributed by atoms with Crippen molar-refractivity contribution in [3.63, 3.8) is 0 Å². The van der Waals surface area contributed by atoms with Gasteiger partial charge in [0.2, 0.25) is 0 Å². The molecule has 1 unspecified atom stereocenters. The van der Waals surface area contributed by atoms with Crippen molar-refractivity contribution in [2.45, 2.75) is 39.7 Å². The Morgan fingerprint density at radius 2 is 1.74 bits per heavy atom. The molecule has 3 rings (SSSR count). The summed E-state index contributed by atoms with van der Waals surface area (Å²) in [7, 11) is -2.84. The number of hydrogen-bond acceptors (Lipinski definition) is 4. The minimum absolute atomic E-state index is 0.263. The normalized spacial score (nSPS) is 26.8. The fraction of sp³-hybridized carbons (Fsp3) is 0.647. The SMILES string of the molecule is Cc1c(C)c2c(c(C)c1Br)CC(C)(CN1CCS(=O)(=O)CC1)O2. The number of fused-ring (bicyclic) bond motifs is 1. The van der Waals surface area contributed by atoms with Crippen LogP contribution in [0.2, 0.25) is 0 Å². The van der Waals surface area contributed by atoms with Crippen molar-refractivity contribution in [2.75, 3.05) is 31.1 Å². The number of halogens is 1. The second-order valence-corrected chi connectivity index (χ2v) is 10.3. The van der Waals surface area contributed by atoms with E-state index in [-0.39, 0.29) is 17.1 Å². The van der Waals surface area contributed by atoms with Gasteiger partial charge in [-0.05, 0) is 44.4 Å². The second kappa shape index (κ2) is 5.74. The van der Waals surface area contributed by atoms with Crippen LogP contribution in [-0.2, 0) is 16.3 Å². The summed E-state index contributed by atoms with van der Waals surface area (Å²) in [6.07, 6.45) is 0.872. The van der Waals surface area contributed by atoms with E-state index >= 15 is 0 Å². The molecule has 2 aliphatic rings.